The summed E-state index contributed by atoms with van der Waals surface area (Å²) in [4.78, 5) is 27.4. The topological polar surface area (TPSA) is 61.8 Å². The van der Waals surface area contributed by atoms with Gasteiger partial charge in [0, 0.05) is 28.8 Å². The number of thiophene rings is 2. The number of benzene rings is 1. The van der Waals surface area contributed by atoms with Crippen molar-refractivity contribution in [1.29, 1.82) is 0 Å². The van der Waals surface area contributed by atoms with E-state index >= 15 is 0 Å². The first-order valence-electron chi connectivity index (χ1n) is 9.07. The normalized spacial score (nSPS) is 16.0. The molecule has 2 aromatic heterocycles. The highest BCUT2D eigenvalue weighted by Gasteiger charge is 2.33. The molecule has 0 fully saturated rings. The van der Waals surface area contributed by atoms with Crippen LogP contribution in [-0.4, -0.2) is 28.3 Å². The quantitative estimate of drug-likeness (QED) is 0.532. The van der Waals surface area contributed by atoms with Crippen LogP contribution in [-0.2, 0) is 9.59 Å². The number of hydrazone groups is 1. The second kappa shape index (κ2) is 8.94. The van der Waals surface area contributed by atoms with Gasteiger partial charge in [-0.3, -0.25) is 9.59 Å². The molecule has 5 nitrogen and oxygen atoms in total. The number of carbonyl (C=O) groups is 2. The van der Waals surface area contributed by atoms with Crippen LogP contribution in [0.5, 0.6) is 0 Å². The zero-order valence-electron chi connectivity index (χ0n) is 15.7. The lowest BCUT2D eigenvalue weighted by molar-refractivity contribution is -0.130. The van der Waals surface area contributed by atoms with Gasteiger partial charge in [0.2, 0.25) is 5.91 Å². The molecular formula is C21H19N3O2S3. The molecule has 0 bridgehead atoms. The van der Waals surface area contributed by atoms with Crippen molar-refractivity contribution < 1.29 is 9.59 Å². The summed E-state index contributed by atoms with van der Waals surface area (Å²) in [5, 5.41) is 13.1. The van der Waals surface area contributed by atoms with Crippen molar-refractivity contribution >= 4 is 57.6 Å². The van der Waals surface area contributed by atoms with E-state index in [0.29, 0.717) is 5.75 Å². The predicted octanol–water partition coefficient (Wildman–Crippen LogP) is 5.24. The van der Waals surface area contributed by atoms with Crippen LogP contribution in [0.25, 0.3) is 0 Å². The molecule has 2 amide bonds. The van der Waals surface area contributed by atoms with Gasteiger partial charge in [-0.1, -0.05) is 12.1 Å². The van der Waals surface area contributed by atoms with Crippen molar-refractivity contribution in [2.24, 2.45) is 5.10 Å². The van der Waals surface area contributed by atoms with Crippen molar-refractivity contribution in [3.63, 3.8) is 0 Å². The molecule has 1 aliphatic rings. The molecule has 0 spiro atoms. The Bertz CT molecular complexity index is 1010. The zero-order chi connectivity index (χ0) is 20.2. The summed E-state index contributed by atoms with van der Waals surface area (Å²) < 4.78 is 0. The summed E-state index contributed by atoms with van der Waals surface area (Å²) in [6, 6.07) is 15.6. The van der Waals surface area contributed by atoms with Crippen LogP contribution in [0.3, 0.4) is 0 Å². The Morgan fingerprint density at radius 2 is 1.90 bits per heavy atom. The molecule has 1 unspecified atom stereocenters. The Morgan fingerprint density at radius 3 is 2.55 bits per heavy atom. The van der Waals surface area contributed by atoms with Crippen molar-refractivity contribution in [3.8, 4) is 0 Å². The number of nitrogens with zero attached hydrogens (tertiary/aromatic N) is 2. The fourth-order valence-corrected chi connectivity index (χ4v) is 5.37. The Labute approximate surface area is 181 Å². The third-order valence-electron chi connectivity index (χ3n) is 4.38. The summed E-state index contributed by atoms with van der Waals surface area (Å²) in [5.74, 6) is 0.197. The number of carbonyl (C=O) groups excluding carboxylic acids is 2. The molecular weight excluding hydrogens is 422 g/mol. The first-order valence-corrected chi connectivity index (χ1v) is 11.8. The highest BCUT2D eigenvalue weighted by atomic mass is 32.2. The van der Waals surface area contributed by atoms with Crippen LogP contribution in [0, 0.1) is 0 Å². The van der Waals surface area contributed by atoms with Crippen LogP contribution in [0.2, 0.25) is 0 Å². The van der Waals surface area contributed by atoms with Crippen molar-refractivity contribution in [1.82, 2.24) is 5.01 Å². The van der Waals surface area contributed by atoms with Gasteiger partial charge >= 0.3 is 0 Å². The average Bonchev–Trinajstić information content (AvgIpc) is 3.47. The van der Waals surface area contributed by atoms with Crippen LogP contribution in [0.1, 0.15) is 29.1 Å². The fourth-order valence-electron chi connectivity index (χ4n) is 3.08. The Balaban J connectivity index is 1.45. The lowest BCUT2D eigenvalue weighted by Gasteiger charge is -2.20. The molecule has 1 atom stereocenters. The first kappa shape index (κ1) is 19.9. The molecule has 1 aromatic carbocycles. The Kier molecular flexibility index (Phi) is 6.13. The summed E-state index contributed by atoms with van der Waals surface area (Å²) >= 11 is 4.78. The third-order valence-corrected chi connectivity index (χ3v) is 7.27. The van der Waals surface area contributed by atoms with E-state index in [1.807, 2.05) is 53.2 Å². The minimum atomic E-state index is -0.103. The van der Waals surface area contributed by atoms with E-state index in [1.54, 1.807) is 27.7 Å². The van der Waals surface area contributed by atoms with Gasteiger partial charge in [-0.2, -0.15) is 5.10 Å². The third kappa shape index (κ3) is 4.77. The van der Waals surface area contributed by atoms with Crippen molar-refractivity contribution in [2.75, 3.05) is 11.1 Å². The number of anilines is 1. The van der Waals surface area contributed by atoms with E-state index in [1.165, 1.54) is 18.7 Å². The van der Waals surface area contributed by atoms with E-state index in [9.17, 15) is 9.59 Å². The molecule has 0 aliphatic carbocycles. The number of hydrogen-bond donors (Lipinski definition) is 1. The molecule has 3 heterocycles. The number of rotatable bonds is 6. The summed E-state index contributed by atoms with van der Waals surface area (Å²) in [5.41, 5.74) is 1.71. The van der Waals surface area contributed by atoms with E-state index in [0.717, 1.165) is 32.5 Å². The van der Waals surface area contributed by atoms with Crippen molar-refractivity contribution in [2.45, 2.75) is 24.3 Å². The molecule has 3 aromatic rings. The van der Waals surface area contributed by atoms with Crippen LogP contribution in [0.15, 0.2) is 69.3 Å². The SMILES string of the molecule is CC(=O)Nc1ccc(SCC(=O)N2N=C(c3cccs3)CC2c2cccs2)cc1. The molecule has 0 saturated heterocycles. The molecule has 1 N–H and O–H groups in total. The second-order valence-electron chi connectivity index (χ2n) is 6.49. The monoisotopic (exact) mass is 441 g/mol. The molecule has 8 heteroatoms. The van der Waals surface area contributed by atoms with Gasteiger partial charge in [0.25, 0.3) is 5.91 Å². The number of hydrogen-bond acceptors (Lipinski definition) is 6. The van der Waals surface area contributed by atoms with Gasteiger partial charge in [0.05, 0.1) is 22.4 Å². The second-order valence-corrected chi connectivity index (χ2v) is 9.47. The Morgan fingerprint density at radius 1 is 1.14 bits per heavy atom. The average molecular weight is 442 g/mol. The summed E-state index contributed by atoms with van der Waals surface area (Å²) in [7, 11) is 0. The Hall–Kier alpha value is -2.42. The predicted molar refractivity (Wildman–Crippen MR) is 121 cm³/mol. The van der Waals surface area contributed by atoms with Crippen LogP contribution < -0.4 is 5.32 Å². The standard InChI is InChI=1S/C21H19N3O2S3/c1-14(25)22-15-6-8-16(9-7-15)29-13-21(26)24-18(20-5-3-11-28-20)12-17(23-24)19-4-2-10-27-19/h2-11,18H,12-13H2,1H3,(H,22,25). The number of amides is 2. The number of thioether (sulfide) groups is 1. The lowest BCUT2D eigenvalue weighted by atomic mass is 10.1. The van der Waals surface area contributed by atoms with Gasteiger partial charge in [-0.15, -0.1) is 34.4 Å². The molecule has 0 saturated carbocycles. The first-order chi connectivity index (χ1) is 14.1. The lowest BCUT2D eigenvalue weighted by Crippen LogP contribution is -2.28. The zero-order valence-corrected chi connectivity index (χ0v) is 18.2. The highest BCUT2D eigenvalue weighted by Crippen LogP contribution is 2.36. The van der Waals surface area contributed by atoms with Crippen molar-refractivity contribution in [3.05, 3.63) is 69.0 Å². The van der Waals surface area contributed by atoms with Crippen LogP contribution in [0.4, 0.5) is 5.69 Å². The van der Waals surface area contributed by atoms with Gasteiger partial charge in [0.1, 0.15) is 0 Å². The van der Waals surface area contributed by atoms with E-state index < -0.39 is 0 Å². The smallest absolute Gasteiger partial charge is 0.253 e. The van der Waals surface area contributed by atoms with Gasteiger partial charge in [0.15, 0.2) is 0 Å². The number of nitrogens with one attached hydrogen (secondary N) is 1. The fraction of sp³-hybridized carbons (Fsp3) is 0.190. The van der Waals surface area contributed by atoms with Gasteiger partial charge < -0.3 is 5.32 Å². The van der Waals surface area contributed by atoms with E-state index in [4.69, 9.17) is 0 Å². The molecule has 1 aliphatic heterocycles. The van der Waals surface area contributed by atoms with E-state index in [2.05, 4.69) is 16.5 Å². The maximum absolute atomic E-state index is 13.0. The van der Waals surface area contributed by atoms with Gasteiger partial charge in [-0.05, 0) is 47.2 Å². The van der Waals surface area contributed by atoms with Crippen LogP contribution >= 0.6 is 34.4 Å². The maximum atomic E-state index is 13.0. The molecule has 0 radical (unpaired) electrons. The molecule has 148 valence electrons. The minimum Gasteiger partial charge on any atom is -0.326 e. The van der Waals surface area contributed by atoms with Gasteiger partial charge in [-0.25, -0.2) is 5.01 Å². The highest BCUT2D eigenvalue weighted by molar-refractivity contribution is 8.00. The summed E-state index contributed by atoms with van der Waals surface area (Å²) in [6.45, 7) is 1.48. The molecule has 29 heavy (non-hydrogen) atoms. The largest absolute Gasteiger partial charge is 0.326 e. The summed E-state index contributed by atoms with van der Waals surface area (Å²) in [6.07, 6.45) is 0.739. The maximum Gasteiger partial charge on any atom is 0.253 e. The van der Waals surface area contributed by atoms with E-state index in [-0.39, 0.29) is 17.9 Å². The molecule has 4 rings (SSSR count). The minimum absolute atomic E-state index is 0.00843.